The van der Waals surface area contributed by atoms with E-state index in [1.54, 1.807) is 0 Å². The van der Waals surface area contributed by atoms with E-state index in [9.17, 15) is 0 Å². The van der Waals surface area contributed by atoms with Gasteiger partial charge in [0.05, 0.1) is 48.0 Å². The second-order valence-electron chi connectivity index (χ2n) is 11.5. The molecule has 1 aliphatic heterocycles. The zero-order valence-corrected chi connectivity index (χ0v) is 28.7. The van der Waals surface area contributed by atoms with Gasteiger partial charge < -0.3 is 33.2 Å². The first-order chi connectivity index (χ1) is 23.1. The first-order valence-corrected chi connectivity index (χ1v) is 17.9. The van der Waals surface area contributed by atoms with Gasteiger partial charge in [0, 0.05) is 0 Å². The molecule has 47 heavy (non-hydrogen) atoms. The van der Waals surface area contributed by atoms with Crippen molar-refractivity contribution in [2.24, 2.45) is 5.41 Å². The summed E-state index contributed by atoms with van der Waals surface area (Å²) >= 11 is 0. The van der Waals surface area contributed by atoms with Crippen molar-refractivity contribution in [3.63, 3.8) is 0 Å². The fraction of sp³-hybridized carbons (Fsp3) is 0.385. The molecule has 0 atom stereocenters. The Morgan fingerprint density at radius 2 is 1.13 bits per heavy atom. The molecule has 0 aromatic heterocycles. The molecule has 8 heteroatoms. The summed E-state index contributed by atoms with van der Waals surface area (Å²) in [5, 5.41) is 1.04. The molecule has 0 amide bonds. The molecule has 1 saturated heterocycles. The third-order valence-corrected chi connectivity index (χ3v) is 9.36. The molecule has 1 aliphatic rings. The number of ether oxygens (including phenoxy) is 7. The summed E-state index contributed by atoms with van der Waals surface area (Å²) in [6, 6.07) is 34.1. The van der Waals surface area contributed by atoms with Crippen LogP contribution in [0.4, 0.5) is 0 Å². The molecule has 5 rings (SSSR count). The van der Waals surface area contributed by atoms with Gasteiger partial charge in [0.2, 0.25) is 5.75 Å². The van der Waals surface area contributed by atoms with Crippen LogP contribution in [0, 0.1) is 5.41 Å². The summed E-state index contributed by atoms with van der Waals surface area (Å²) in [7, 11) is 0.426. The van der Waals surface area contributed by atoms with E-state index in [4.69, 9.17) is 33.2 Å². The van der Waals surface area contributed by atoms with Gasteiger partial charge in [0.1, 0.15) is 17.2 Å². The van der Waals surface area contributed by atoms with E-state index in [1.165, 1.54) is 0 Å². The van der Waals surface area contributed by atoms with Gasteiger partial charge >= 0.3 is 0 Å². The average molecular weight is 655 g/mol. The maximum atomic E-state index is 6.59. The summed E-state index contributed by atoms with van der Waals surface area (Å²) in [6.07, 6.45) is 3.42. The predicted molar refractivity (Wildman–Crippen MR) is 186 cm³/mol. The molecule has 7 nitrogen and oxygen atoms in total. The Morgan fingerprint density at radius 1 is 0.617 bits per heavy atom. The van der Waals surface area contributed by atoms with Gasteiger partial charge in [-0.15, -0.1) is 0 Å². The minimum absolute atomic E-state index is 0.311. The Labute approximate surface area is 281 Å². The summed E-state index contributed by atoms with van der Waals surface area (Å²) < 4.78 is 44.5. The van der Waals surface area contributed by atoms with Crippen LogP contribution in [0.3, 0.4) is 0 Å². The molecule has 4 aromatic rings. The van der Waals surface area contributed by atoms with Crippen molar-refractivity contribution in [2.45, 2.75) is 58.5 Å². The molecule has 0 saturated carbocycles. The minimum Gasteiger partial charge on any atom is -0.453 e. The highest BCUT2D eigenvalue weighted by Gasteiger charge is 2.59. The van der Waals surface area contributed by atoms with Gasteiger partial charge in [-0.05, 0) is 73.3 Å². The Bertz CT molecular complexity index is 1470. The van der Waals surface area contributed by atoms with Crippen molar-refractivity contribution >= 4 is 14.7 Å². The van der Waals surface area contributed by atoms with Crippen LogP contribution >= 0.6 is 0 Å². The molecule has 0 unspecified atom stereocenters. The van der Waals surface area contributed by atoms with Gasteiger partial charge in [-0.3, -0.25) is 0 Å². The zero-order chi connectivity index (χ0) is 32.8. The van der Waals surface area contributed by atoms with Gasteiger partial charge in [-0.25, -0.2) is 0 Å². The van der Waals surface area contributed by atoms with Crippen molar-refractivity contribution in [3.8, 4) is 34.5 Å². The van der Waals surface area contributed by atoms with E-state index >= 15 is 0 Å². The van der Waals surface area contributed by atoms with Crippen molar-refractivity contribution in [2.75, 3.05) is 33.0 Å². The Kier molecular flexibility index (Phi) is 12.9. The van der Waals surface area contributed by atoms with E-state index in [2.05, 4.69) is 26.8 Å². The van der Waals surface area contributed by atoms with Crippen LogP contribution in [0.15, 0.2) is 103 Å². The highest BCUT2D eigenvalue weighted by molar-refractivity contribution is 6.54. The van der Waals surface area contributed by atoms with Crippen LogP contribution in [0.1, 0.15) is 46.5 Å². The third kappa shape index (κ3) is 8.83. The number of rotatable bonds is 20. The van der Waals surface area contributed by atoms with Crippen molar-refractivity contribution in [3.05, 3.63) is 103 Å². The van der Waals surface area contributed by atoms with Crippen LogP contribution in [0.5, 0.6) is 34.5 Å². The lowest BCUT2D eigenvalue weighted by Gasteiger charge is -2.52. The maximum Gasteiger partial charge on any atom is 0.293 e. The van der Waals surface area contributed by atoms with Crippen LogP contribution in [-0.2, 0) is 18.9 Å². The number of hydrogen-bond acceptors (Lipinski definition) is 7. The quantitative estimate of drug-likeness (QED) is 0.0535. The highest BCUT2D eigenvalue weighted by atomic mass is 28.2. The Balaban J connectivity index is 1.38. The van der Waals surface area contributed by atoms with Crippen LogP contribution in [-0.4, -0.2) is 48.5 Å². The normalized spacial score (nSPS) is 13.9. The van der Waals surface area contributed by atoms with Crippen LogP contribution in [0.25, 0.3) is 0 Å². The molecule has 0 bridgehead atoms. The van der Waals surface area contributed by atoms with Crippen molar-refractivity contribution in [1.29, 1.82) is 0 Å². The molecular weight excluding hydrogens is 609 g/mol. The van der Waals surface area contributed by atoms with Gasteiger partial charge in [0.15, 0.2) is 11.5 Å². The van der Waals surface area contributed by atoms with Gasteiger partial charge in [-0.2, -0.15) is 0 Å². The molecule has 0 spiro atoms. The SMILES string of the molecule is CCCOC(OCCC)(OCCC[Si]c1ccc(Oc2ccccc2)c(Oc2ccccc2)c1Oc1ccccc1)C1(CC)COC1. The van der Waals surface area contributed by atoms with Crippen molar-refractivity contribution < 1.29 is 33.2 Å². The maximum absolute atomic E-state index is 6.59. The summed E-state index contributed by atoms with van der Waals surface area (Å²) in [5.41, 5.74) is -0.311. The summed E-state index contributed by atoms with van der Waals surface area (Å²) in [4.78, 5) is 0. The van der Waals surface area contributed by atoms with E-state index in [0.29, 0.717) is 71.3 Å². The molecule has 0 aliphatic carbocycles. The van der Waals surface area contributed by atoms with E-state index in [1.807, 2.05) is 97.1 Å². The number of para-hydroxylation sites is 3. The second-order valence-corrected chi connectivity index (χ2v) is 12.9. The van der Waals surface area contributed by atoms with E-state index in [-0.39, 0.29) is 5.41 Å². The number of hydrogen-bond donors (Lipinski definition) is 0. The van der Waals surface area contributed by atoms with Crippen molar-refractivity contribution in [1.82, 2.24) is 0 Å². The molecule has 248 valence electrons. The summed E-state index contributed by atoms with van der Waals surface area (Å²) in [5.74, 6) is 2.75. The Hall–Kier alpha value is -3.66. The fourth-order valence-electron chi connectivity index (χ4n) is 5.30. The second kappa shape index (κ2) is 17.5. The van der Waals surface area contributed by atoms with Gasteiger partial charge in [0.25, 0.3) is 5.97 Å². The summed E-state index contributed by atoms with van der Waals surface area (Å²) in [6.45, 7) is 9.12. The molecule has 2 radical (unpaired) electrons. The lowest BCUT2D eigenvalue weighted by atomic mass is 9.80. The predicted octanol–water partition coefficient (Wildman–Crippen LogP) is 9.15. The lowest BCUT2D eigenvalue weighted by Crippen LogP contribution is -2.64. The van der Waals surface area contributed by atoms with Crippen LogP contribution in [0.2, 0.25) is 6.04 Å². The Morgan fingerprint density at radius 3 is 1.62 bits per heavy atom. The van der Waals surface area contributed by atoms with E-state index in [0.717, 1.165) is 42.7 Å². The minimum atomic E-state index is -1.11. The molecule has 1 fully saturated rings. The van der Waals surface area contributed by atoms with Gasteiger partial charge in [-0.1, -0.05) is 87.5 Å². The molecule has 0 N–H and O–H groups in total. The van der Waals surface area contributed by atoms with E-state index < -0.39 is 5.97 Å². The fourth-order valence-corrected chi connectivity index (χ4v) is 6.41. The topological polar surface area (TPSA) is 64.6 Å². The standard InChI is InChI=1S/C39H46O7Si/c1-4-25-41-39(42-26-5-2,38(6-3)29-40-30-38)43-27-16-28-47-35-24-23-34(44-31-17-10-7-11-18-31)36(45-32-19-12-8-13-20-32)37(35)46-33-21-14-9-15-22-33/h7-15,17-24H,4-6,16,25-30H2,1-3H3. The average Bonchev–Trinajstić information content (AvgIpc) is 3.09. The molecule has 1 heterocycles. The monoisotopic (exact) mass is 654 g/mol. The number of benzene rings is 4. The molecule has 4 aromatic carbocycles. The third-order valence-electron chi connectivity index (χ3n) is 7.98. The largest absolute Gasteiger partial charge is 0.453 e. The smallest absolute Gasteiger partial charge is 0.293 e. The highest BCUT2D eigenvalue weighted by Crippen LogP contribution is 2.47. The molecular formula is C39H46O7Si. The lowest BCUT2D eigenvalue weighted by molar-refractivity contribution is -0.460. The zero-order valence-electron chi connectivity index (χ0n) is 27.7. The van der Waals surface area contributed by atoms with Crippen LogP contribution < -0.4 is 19.4 Å². The first kappa shape index (κ1) is 34.7. The first-order valence-electron chi connectivity index (χ1n) is 16.7.